The Morgan fingerprint density at radius 2 is 1.64 bits per heavy atom. The first-order chi connectivity index (χ1) is 21.0. The lowest BCUT2D eigenvalue weighted by molar-refractivity contribution is -0.248. The van der Waals surface area contributed by atoms with Crippen molar-refractivity contribution in [2.45, 2.75) is 62.4 Å². The van der Waals surface area contributed by atoms with Crippen LogP contribution in [0.15, 0.2) is 54.6 Å². The summed E-state index contributed by atoms with van der Waals surface area (Å²) in [5.41, 5.74) is 4.06. The number of ketones is 2. The van der Waals surface area contributed by atoms with Gasteiger partial charge in [-0.2, -0.15) is 0 Å². The number of aliphatic hydroxyl groups is 2. The van der Waals surface area contributed by atoms with Crippen LogP contribution in [0.5, 0.6) is 11.5 Å². The van der Waals surface area contributed by atoms with Gasteiger partial charge < -0.3 is 40.4 Å². The van der Waals surface area contributed by atoms with Crippen molar-refractivity contribution in [3.63, 3.8) is 0 Å². The zero-order valence-electron chi connectivity index (χ0n) is 23.7. The number of fused-ring (bicyclic) bond motifs is 3. The first kappa shape index (κ1) is 29.7. The molecule has 12 nitrogen and oxygen atoms in total. The van der Waals surface area contributed by atoms with E-state index in [2.05, 4.69) is 5.32 Å². The van der Waals surface area contributed by atoms with Crippen molar-refractivity contribution in [2.24, 2.45) is 5.73 Å². The molecule has 2 aliphatic carbocycles. The van der Waals surface area contributed by atoms with E-state index in [9.17, 15) is 34.8 Å². The van der Waals surface area contributed by atoms with Crippen molar-refractivity contribution < 1.29 is 49.0 Å². The van der Waals surface area contributed by atoms with E-state index in [0.29, 0.717) is 5.69 Å². The third-order valence-corrected chi connectivity index (χ3v) is 8.41. The van der Waals surface area contributed by atoms with E-state index >= 15 is 0 Å². The molecule has 0 aromatic heterocycles. The zero-order valence-corrected chi connectivity index (χ0v) is 23.7. The number of anilines is 1. The maximum atomic E-state index is 13.5. The minimum absolute atomic E-state index is 0.00357. The lowest BCUT2D eigenvalue weighted by Gasteiger charge is -2.42. The Balaban J connectivity index is 1.38. The first-order valence-corrected chi connectivity index (χ1v) is 14.2. The van der Waals surface area contributed by atoms with Crippen molar-refractivity contribution >= 4 is 23.3 Å². The summed E-state index contributed by atoms with van der Waals surface area (Å²) >= 11 is 0. The number of nitrogens with one attached hydrogen (secondary N) is 1. The van der Waals surface area contributed by atoms with Gasteiger partial charge in [0.1, 0.15) is 23.7 Å². The van der Waals surface area contributed by atoms with Gasteiger partial charge in [0.2, 0.25) is 0 Å². The Hall–Kier alpha value is -4.33. The molecule has 0 saturated carbocycles. The van der Waals surface area contributed by atoms with Gasteiger partial charge in [-0.1, -0.05) is 42.5 Å². The number of ether oxygens (including phenoxy) is 3. The second-order valence-corrected chi connectivity index (χ2v) is 11.5. The Kier molecular flexibility index (Phi) is 7.64. The standard InChI is InChI=1S/C32H32N2O10/c1-15-26(35)20(33)11-22(43-15)44-21-13-32(41,14-42-31(40)34-16-7-3-2-4-8-16)12-19-23(21)30(39)25-24(29(19)38)27(36)17-9-5-6-10-18(17)28(25)37/h2-10,15,20-22,26,35,38-39,41H,11-14,33H2,1H3,(H,34,40)/t15-,20+,21-,22-,26-,32-/m0/s1. The van der Waals surface area contributed by atoms with Crippen LogP contribution < -0.4 is 11.1 Å². The van der Waals surface area contributed by atoms with Gasteiger partial charge in [0.25, 0.3) is 0 Å². The van der Waals surface area contributed by atoms with Crippen LogP contribution in [-0.2, 0) is 20.6 Å². The molecule has 6 rings (SSSR count). The van der Waals surface area contributed by atoms with Crippen LogP contribution in [0.3, 0.4) is 0 Å². The fourth-order valence-corrected chi connectivity index (χ4v) is 6.22. The number of aromatic hydroxyl groups is 2. The van der Waals surface area contributed by atoms with Crippen LogP contribution in [0.4, 0.5) is 10.5 Å². The molecule has 7 N–H and O–H groups in total. The first-order valence-electron chi connectivity index (χ1n) is 14.2. The van der Waals surface area contributed by atoms with Crippen molar-refractivity contribution in [1.82, 2.24) is 0 Å². The van der Waals surface area contributed by atoms with Gasteiger partial charge in [0, 0.05) is 53.2 Å². The molecular weight excluding hydrogens is 572 g/mol. The Morgan fingerprint density at radius 1 is 1.02 bits per heavy atom. The maximum absolute atomic E-state index is 13.5. The van der Waals surface area contributed by atoms with E-state index in [-0.39, 0.29) is 52.6 Å². The molecule has 1 saturated heterocycles. The van der Waals surface area contributed by atoms with Crippen LogP contribution in [0.25, 0.3) is 0 Å². The molecule has 3 aliphatic rings. The molecule has 0 radical (unpaired) electrons. The Morgan fingerprint density at radius 3 is 2.27 bits per heavy atom. The summed E-state index contributed by atoms with van der Waals surface area (Å²) < 4.78 is 17.4. The molecule has 1 aliphatic heterocycles. The van der Waals surface area contributed by atoms with Crippen molar-refractivity contribution in [3.05, 3.63) is 88.0 Å². The number of carbonyl (C=O) groups is 3. The number of aliphatic hydroxyl groups excluding tert-OH is 1. The number of amides is 1. The van der Waals surface area contributed by atoms with Crippen LogP contribution >= 0.6 is 0 Å². The van der Waals surface area contributed by atoms with E-state index < -0.39 is 72.0 Å². The second-order valence-electron chi connectivity index (χ2n) is 11.5. The fraction of sp³-hybridized carbons (Fsp3) is 0.344. The quantitative estimate of drug-likeness (QED) is 0.183. The molecular formula is C32H32N2O10. The van der Waals surface area contributed by atoms with Crippen LogP contribution in [0.2, 0.25) is 0 Å². The fourth-order valence-electron chi connectivity index (χ4n) is 6.22. The lowest BCUT2D eigenvalue weighted by atomic mass is 9.73. The molecule has 0 unspecified atom stereocenters. The van der Waals surface area contributed by atoms with Crippen LogP contribution in [-0.4, -0.2) is 74.8 Å². The molecule has 1 amide bonds. The minimum atomic E-state index is -1.84. The lowest BCUT2D eigenvalue weighted by Crippen LogP contribution is -2.52. The number of para-hydroxylation sites is 1. The van der Waals surface area contributed by atoms with Crippen LogP contribution in [0, 0.1) is 0 Å². The van der Waals surface area contributed by atoms with Gasteiger partial charge in [-0.25, -0.2) is 4.79 Å². The highest BCUT2D eigenvalue weighted by Crippen LogP contribution is 2.51. The summed E-state index contributed by atoms with van der Waals surface area (Å²) in [4.78, 5) is 39.6. The monoisotopic (exact) mass is 604 g/mol. The molecule has 6 atom stereocenters. The molecule has 3 aromatic rings. The third-order valence-electron chi connectivity index (χ3n) is 8.41. The zero-order chi connectivity index (χ0) is 31.3. The summed E-state index contributed by atoms with van der Waals surface area (Å²) in [5.74, 6) is -2.48. The highest BCUT2D eigenvalue weighted by molar-refractivity contribution is 6.30. The predicted molar refractivity (Wildman–Crippen MR) is 155 cm³/mol. The molecule has 1 fully saturated rings. The molecule has 0 spiro atoms. The van der Waals surface area contributed by atoms with E-state index in [4.69, 9.17) is 19.9 Å². The van der Waals surface area contributed by atoms with Gasteiger partial charge in [-0.15, -0.1) is 0 Å². The van der Waals surface area contributed by atoms with Gasteiger partial charge in [0.05, 0.1) is 29.4 Å². The topological polar surface area (TPSA) is 198 Å². The van der Waals surface area contributed by atoms with Crippen LogP contribution in [0.1, 0.15) is 68.8 Å². The number of phenols is 2. The molecule has 230 valence electrons. The van der Waals surface area contributed by atoms with Crippen molar-refractivity contribution in [1.29, 1.82) is 0 Å². The summed E-state index contributed by atoms with van der Waals surface area (Å²) in [6.45, 7) is 1.07. The van der Waals surface area contributed by atoms with Gasteiger partial charge in [-0.05, 0) is 19.1 Å². The van der Waals surface area contributed by atoms with E-state index in [1.165, 1.54) is 12.1 Å². The van der Waals surface area contributed by atoms with Gasteiger partial charge in [-0.3, -0.25) is 14.9 Å². The highest BCUT2D eigenvalue weighted by Gasteiger charge is 2.48. The normalized spacial score (nSPS) is 27.6. The molecule has 0 bridgehead atoms. The molecule has 1 heterocycles. The Labute approximate surface area is 252 Å². The average Bonchev–Trinajstić information content (AvgIpc) is 3.00. The van der Waals surface area contributed by atoms with Crippen molar-refractivity contribution in [2.75, 3.05) is 11.9 Å². The summed E-state index contributed by atoms with van der Waals surface area (Å²) in [7, 11) is 0. The number of benzene rings is 3. The summed E-state index contributed by atoms with van der Waals surface area (Å²) in [6.07, 6.45) is -5.23. The summed E-state index contributed by atoms with van der Waals surface area (Å²) in [5, 5.41) is 47.6. The van der Waals surface area contributed by atoms with E-state index in [0.717, 1.165) is 0 Å². The van der Waals surface area contributed by atoms with Crippen molar-refractivity contribution in [3.8, 4) is 11.5 Å². The van der Waals surface area contributed by atoms with E-state index in [1.807, 2.05) is 0 Å². The summed E-state index contributed by atoms with van der Waals surface area (Å²) in [6, 6.07) is 13.9. The average molecular weight is 605 g/mol. The maximum Gasteiger partial charge on any atom is 0.411 e. The number of rotatable bonds is 5. The Bertz CT molecular complexity index is 1630. The molecule has 3 aromatic carbocycles. The molecule has 44 heavy (non-hydrogen) atoms. The smallest absolute Gasteiger partial charge is 0.411 e. The third kappa shape index (κ3) is 5.20. The second kappa shape index (κ2) is 11.3. The number of nitrogens with two attached hydrogens (primary N) is 1. The number of hydrogen-bond donors (Lipinski definition) is 6. The van der Waals surface area contributed by atoms with Gasteiger partial charge >= 0.3 is 6.09 Å². The van der Waals surface area contributed by atoms with Gasteiger partial charge in [0.15, 0.2) is 17.9 Å². The number of phenolic OH excluding ortho intramolecular Hbond substituents is 2. The number of hydrogen-bond acceptors (Lipinski definition) is 11. The predicted octanol–water partition coefficient (Wildman–Crippen LogP) is 2.68. The SMILES string of the molecule is C[C@@H]1O[C@@H](O[C@H]2C[C@](O)(COC(=O)Nc3ccccc3)Cc3c(O)c4c(c(O)c32)C(=O)c2ccccc2C4=O)C[C@@H](N)[C@H]1O. The molecule has 12 heteroatoms. The number of carbonyl (C=O) groups excluding carboxylic acids is 3. The highest BCUT2D eigenvalue weighted by atomic mass is 16.7. The minimum Gasteiger partial charge on any atom is -0.507 e. The largest absolute Gasteiger partial charge is 0.507 e. The van der Waals surface area contributed by atoms with E-state index in [1.54, 1.807) is 49.4 Å².